The molecule has 0 aromatic heterocycles. The summed E-state index contributed by atoms with van der Waals surface area (Å²) in [5, 5.41) is 9.77. The molecule has 1 aromatic carbocycles. The van der Waals surface area contributed by atoms with Crippen molar-refractivity contribution >= 4 is 10.0 Å². The molecular weight excluding hydrogens is 294 g/mol. The molecule has 2 aliphatic rings. The minimum atomic E-state index is -3.68. The summed E-state index contributed by atoms with van der Waals surface area (Å²) in [6, 6.07) is 4.82. The number of aliphatic hydroxyl groups is 1. The van der Waals surface area contributed by atoms with E-state index in [0.29, 0.717) is 19.0 Å². The molecule has 7 heteroatoms. The first-order valence-electron chi connectivity index (χ1n) is 7.14. The van der Waals surface area contributed by atoms with Gasteiger partial charge in [-0.1, -0.05) is 12.5 Å². The quantitative estimate of drug-likeness (QED) is 0.862. The topological polar surface area (TPSA) is 84.9 Å². The maximum absolute atomic E-state index is 12.4. The van der Waals surface area contributed by atoms with Gasteiger partial charge in [0.1, 0.15) is 18.1 Å². The smallest absolute Gasteiger partial charge is 0.244 e. The standard InChI is InChI=1S/C14H19NO5S/c16-11-4-1-3-10(11)9-15-21(17,18)13-6-2-5-12-14(13)20-8-7-19-12/h2,5-6,10-11,15-16H,1,3-4,7-9H2/t10-,11+/m0/s1. The molecule has 0 spiro atoms. The van der Waals surface area contributed by atoms with Crippen LogP contribution in [0.2, 0.25) is 0 Å². The Hall–Kier alpha value is -1.31. The van der Waals surface area contributed by atoms with Crippen molar-refractivity contribution < 1.29 is 23.0 Å². The lowest BCUT2D eigenvalue weighted by Gasteiger charge is -2.21. The van der Waals surface area contributed by atoms with Crippen LogP contribution in [0.15, 0.2) is 23.1 Å². The van der Waals surface area contributed by atoms with Gasteiger partial charge in [-0.3, -0.25) is 0 Å². The second-order valence-corrected chi connectivity index (χ2v) is 7.13. The Morgan fingerprint density at radius 2 is 2.05 bits per heavy atom. The third-order valence-electron chi connectivity index (χ3n) is 3.97. The van der Waals surface area contributed by atoms with Crippen molar-refractivity contribution in [2.45, 2.75) is 30.3 Å². The van der Waals surface area contributed by atoms with Crippen LogP contribution in [0.3, 0.4) is 0 Å². The van der Waals surface area contributed by atoms with Crippen molar-refractivity contribution in [3.63, 3.8) is 0 Å². The van der Waals surface area contributed by atoms with Crippen LogP contribution >= 0.6 is 0 Å². The minimum absolute atomic E-state index is 0.0171. The maximum Gasteiger partial charge on any atom is 0.244 e. The van der Waals surface area contributed by atoms with E-state index in [2.05, 4.69) is 4.72 Å². The van der Waals surface area contributed by atoms with Gasteiger partial charge in [0.2, 0.25) is 10.0 Å². The number of nitrogens with one attached hydrogen (secondary N) is 1. The van der Waals surface area contributed by atoms with Gasteiger partial charge in [0.05, 0.1) is 6.10 Å². The molecule has 2 atom stereocenters. The first-order chi connectivity index (χ1) is 10.1. The van der Waals surface area contributed by atoms with Crippen molar-refractivity contribution in [3.05, 3.63) is 18.2 Å². The van der Waals surface area contributed by atoms with Gasteiger partial charge in [-0.25, -0.2) is 13.1 Å². The SMILES string of the molecule is O=S(=O)(NC[C@@H]1CCC[C@H]1O)c1cccc2c1OCCO2. The molecule has 0 unspecified atom stereocenters. The second-order valence-electron chi connectivity index (χ2n) is 5.39. The van der Waals surface area contributed by atoms with Crippen molar-refractivity contribution in [1.82, 2.24) is 4.72 Å². The van der Waals surface area contributed by atoms with Crippen molar-refractivity contribution in [2.75, 3.05) is 19.8 Å². The number of ether oxygens (including phenoxy) is 2. The van der Waals surface area contributed by atoms with E-state index in [1.807, 2.05) is 0 Å². The van der Waals surface area contributed by atoms with Gasteiger partial charge in [0.25, 0.3) is 0 Å². The summed E-state index contributed by atoms with van der Waals surface area (Å²) >= 11 is 0. The number of rotatable bonds is 4. The fraction of sp³-hybridized carbons (Fsp3) is 0.571. The normalized spacial score (nSPS) is 25.0. The number of fused-ring (bicyclic) bond motifs is 1. The molecule has 1 aliphatic carbocycles. The highest BCUT2D eigenvalue weighted by Crippen LogP contribution is 2.36. The molecule has 116 valence electrons. The highest BCUT2D eigenvalue weighted by molar-refractivity contribution is 7.89. The third kappa shape index (κ3) is 3.00. The largest absolute Gasteiger partial charge is 0.486 e. The Morgan fingerprint density at radius 1 is 1.24 bits per heavy atom. The van der Waals surface area contributed by atoms with E-state index in [1.54, 1.807) is 12.1 Å². The molecule has 1 aliphatic heterocycles. The Morgan fingerprint density at radius 3 is 2.81 bits per heavy atom. The summed E-state index contributed by atoms with van der Waals surface area (Å²) < 4.78 is 38.3. The lowest BCUT2D eigenvalue weighted by Crippen LogP contribution is -2.33. The molecular formula is C14H19NO5S. The monoisotopic (exact) mass is 313 g/mol. The maximum atomic E-state index is 12.4. The number of para-hydroxylation sites is 1. The van der Waals surface area contributed by atoms with E-state index >= 15 is 0 Å². The molecule has 21 heavy (non-hydrogen) atoms. The van der Waals surface area contributed by atoms with Crippen molar-refractivity contribution in [1.29, 1.82) is 0 Å². The van der Waals surface area contributed by atoms with E-state index in [0.717, 1.165) is 19.3 Å². The van der Waals surface area contributed by atoms with Gasteiger partial charge in [-0.2, -0.15) is 0 Å². The molecule has 0 radical (unpaired) electrons. The third-order valence-corrected chi connectivity index (χ3v) is 5.42. The number of sulfonamides is 1. The number of aliphatic hydroxyl groups excluding tert-OH is 1. The van der Waals surface area contributed by atoms with Gasteiger partial charge < -0.3 is 14.6 Å². The molecule has 1 aromatic rings. The average molecular weight is 313 g/mol. The van der Waals surface area contributed by atoms with Crippen LogP contribution in [0.4, 0.5) is 0 Å². The molecule has 0 amide bonds. The van der Waals surface area contributed by atoms with Crippen LogP contribution in [0.1, 0.15) is 19.3 Å². The summed E-state index contributed by atoms with van der Waals surface area (Å²) in [5.74, 6) is 0.699. The fourth-order valence-corrected chi connectivity index (χ4v) is 4.06. The fourth-order valence-electron chi connectivity index (χ4n) is 2.81. The predicted octanol–water partition coefficient (Wildman–Crippen LogP) is 0.897. The Bertz CT molecular complexity index is 616. The van der Waals surface area contributed by atoms with Crippen LogP contribution in [0, 0.1) is 5.92 Å². The minimum Gasteiger partial charge on any atom is -0.486 e. The second kappa shape index (κ2) is 5.82. The average Bonchev–Trinajstić information content (AvgIpc) is 2.90. The lowest BCUT2D eigenvalue weighted by atomic mass is 10.1. The van der Waals surface area contributed by atoms with Gasteiger partial charge >= 0.3 is 0 Å². The summed E-state index contributed by atoms with van der Waals surface area (Å²) in [4.78, 5) is 0.0900. The van der Waals surface area contributed by atoms with E-state index in [-0.39, 0.29) is 23.1 Å². The molecule has 1 saturated carbocycles. The van der Waals surface area contributed by atoms with Gasteiger partial charge in [0, 0.05) is 6.54 Å². The first kappa shape index (κ1) is 14.6. The summed E-state index contributed by atoms with van der Waals surface area (Å²) in [7, 11) is -3.68. The predicted molar refractivity (Wildman–Crippen MR) is 76.0 cm³/mol. The summed E-state index contributed by atoms with van der Waals surface area (Å²) in [6.07, 6.45) is 2.10. The highest BCUT2D eigenvalue weighted by atomic mass is 32.2. The van der Waals surface area contributed by atoms with Gasteiger partial charge in [-0.05, 0) is 30.9 Å². The van der Waals surface area contributed by atoms with Crippen LogP contribution in [-0.4, -0.2) is 39.4 Å². The zero-order valence-electron chi connectivity index (χ0n) is 11.6. The van der Waals surface area contributed by atoms with Crippen LogP contribution in [0.5, 0.6) is 11.5 Å². The Kier molecular flexibility index (Phi) is 4.05. The molecule has 2 N–H and O–H groups in total. The Balaban J connectivity index is 1.78. The number of hydrogen-bond donors (Lipinski definition) is 2. The van der Waals surface area contributed by atoms with E-state index in [9.17, 15) is 13.5 Å². The van der Waals surface area contributed by atoms with Gasteiger partial charge in [0.15, 0.2) is 11.5 Å². The molecule has 1 heterocycles. The van der Waals surface area contributed by atoms with E-state index in [1.165, 1.54) is 6.07 Å². The number of hydrogen-bond acceptors (Lipinski definition) is 5. The van der Waals surface area contributed by atoms with Gasteiger partial charge in [-0.15, -0.1) is 0 Å². The number of benzene rings is 1. The Labute approximate surface area is 124 Å². The van der Waals surface area contributed by atoms with E-state index < -0.39 is 16.1 Å². The van der Waals surface area contributed by atoms with Crippen molar-refractivity contribution in [2.24, 2.45) is 5.92 Å². The van der Waals surface area contributed by atoms with Crippen LogP contribution in [0.25, 0.3) is 0 Å². The molecule has 6 nitrogen and oxygen atoms in total. The summed E-state index contributed by atoms with van der Waals surface area (Å²) in [6.45, 7) is 0.993. The lowest BCUT2D eigenvalue weighted by molar-refractivity contribution is 0.134. The van der Waals surface area contributed by atoms with Crippen molar-refractivity contribution in [3.8, 4) is 11.5 Å². The van der Waals surface area contributed by atoms with Crippen LogP contribution < -0.4 is 14.2 Å². The van der Waals surface area contributed by atoms with Crippen LogP contribution in [-0.2, 0) is 10.0 Å². The molecule has 0 saturated heterocycles. The zero-order valence-corrected chi connectivity index (χ0v) is 12.4. The first-order valence-corrected chi connectivity index (χ1v) is 8.62. The zero-order chi connectivity index (χ0) is 14.9. The molecule has 1 fully saturated rings. The summed E-state index contributed by atoms with van der Waals surface area (Å²) in [5.41, 5.74) is 0. The molecule has 0 bridgehead atoms. The molecule has 3 rings (SSSR count). The highest BCUT2D eigenvalue weighted by Gasteiger charge is 2.29. The van der Waals surface area contributed by atoms with E-state index in [4.69, 9.17) is 9.47 Å².